The Morgan fingerprint density at radius 3 is 2.70 bits per heavy atom. The third-order valence-corrected chi connectivity index (χ3v) is 3.45. The molecule has 1 aromatic heterocycles. The highest BCUT2D eigenvalue weighted by molar-refractivity contribution is 5.92. The number of rotatable bonds is 2. The first-order chi connectivity index (χ1) is 9.66. The number of hydrogen-bond donors (Lipinski definition) is 1. The van der Waals surface area contributed by atoms with Crippen LogP contribution in [-0.2, 0) is 0 Å². The molecule has 2 heterocycles. The zero-order valence-corrected chi connectivity index (χ0v) is 10.5. The van der Waals surface area contributed by atoms with Gasteiger partial charge in [-0.15, -0.1) is 0 Å². The van der Waals surface area contributed by atoms with Crippen LogP contribution in [0.3, 0.4) is 0 Å². The van der Waals surface area contributed by atoms with Crippen LogP contribution in [0.25, 0.3) is 0 Å². The van der Waals surface area contributed by atoms with Crippen molar-refractivity contribution >= 4 is 5.91 Å². The van der Waals surface area contributed by atoms with E-state index < -0.39 is 11.5 Å². The Morgan fingerprint density at radius 1 is 1.35 bits per heavy atom. The molecule has 0 bridgehead atoms. The van der Waals surface area contributed by atoms with Crippen molar-refractivity contribution in [1.82, 2.24) is 14.9 Å². The second-order valence-electron chi connectivity index (χ2n) is 4.62. The number of nitrogens with one attached hydrogen (secondary N) is 1. The monoisotopic (exact) mass is 273 g/mol. The number of nitrogens with zero attached hydrogens (tertiary/aromatic N) is 2. The van der Waals surface area contributed by atoms with Gasteiger partial charge in [0, 0.05) is 18.9 Å². The molecule has 102 valence electrons. The Balaban J connectivity index is 1.85. The third-order valence-electron chi connectivity index (χ3n) is 3.45. The van der Waals surface area contributed by atoms with Crippen LogP contribution in [0.15, 0.2) is 41.5 Å². The van der Waals surface area contributed by atoms with Crippen LogP contribution in [-0.4, -0.2) is 27.3 Å². The first kappa shape index (κ1) is 12.5. The van der Waals surface area contributed by atoms with Crippen LogP contribution >= 0.6 is 0 Å². The molecule has 1 amide bonds. The van der Waals surface area contributed by atoms with E-state index in [9.17, 15) is 14.0 Å². The van der Waals surface area contributed by atoms with E-state index in [1.165, 1.54) is 24.5 Å². The Hall–Kier alpha value is -2.50. The summed E-state index contributed by atoms with van der Waals surface area (Å²) >= 11 is 0. The van der Waals surface area contributed by atoms with Crippen molar-refractivity contribution in [2.24, 2.45) is 0 Å². The molecule has 0 aliphatic carbocycles. The number of halogens is 1. The maximum Gasteiger partial charge on any atom is 0.279 e. The highest BCUT2D eigenvalue weighted by Gasteiger charge is 2.35. The number of aromatic nitrogens is 2. The summed E-state index contributed by atoms with van der Waals surface area (Å²) in [6.07, 6.45) is 3.55. The van der Waals surface area contributed by atoms with Crippen molar-refractivity contribution in [1.29, 1.82) is 0 Å². The van der Waals surface area contributed by atoms with Gasteiger partial charge in [0.1, 0.15) is 5.82 Å². The third kappa shape index (κ3) is 2.09. The van der Waals surface area contributed by atoms with E-state index in [4.69, 9.17) is 0 Å². The Labute approximate surface area is 114 Å². The van der Waals surface area contributed by atoms with E-state index in [0.29, 0.717) is 6.54 Å². The molecular formula is C14H12FN3O2. The number of likely N-dealkylation sites (tertiary alicyclic amines) is 1. The van der Waals surface area contributed by atoms with Crippen LogP contribution in [0.2, 0.25) is 0 Å². The number of amides is 1. The van der Waals surface area contributed by atoms with E-state index in [-0.39, 0.29) is 17.6 Å². The number of H-pyrrole nitrogens is 1. The van der Waals surface area contributed by atoms with Gasteiger partial charge in [0.2, 0.25) is 0 Å². The molecule has 3 rings (SSSR count). The molecule has 1 atom stereocenters. The van der Waals surface area contributed by atoms with Gasteiger partial charge in [0.05, 0.1) is 6.04 Å². The lowest BCUT2D eigenvalue weighted by atomic mass is 9.94. The van der Waals surface area contributed by atoms with Crippen molar-refractivity contribution in [3.63, 3.8) is 0 Å². The molecule has 1 aliphatic heterocycles. The summed E-state index contributed by atoms with van der Waals surface area (Å²) < 4.78 is 12.9. The normalized spacial score (nSPS) is 17.6. The van der Waals surface area contributed by atoms with Crippen LogP contribution in [0.1, 0.15) is 28.5 Å². The summed E-state index contributed by atoms with van der Waals surface area (Å²) in [6.45, 7) is 0.566. The predicted molar refractivity (Wildman–Crippen MR) is 69.7 cm³/mol. The molecule has 5 nitrogen and oxygen atoms in total. The molecule has 2 aromatic rings. The van der Waals surface area contributed by atoms with Crippen molar-refractivity contribution in [2.45, 2.75) is 12.5 Å². The highest BCUT2D eigenvalue weighted by Crippen LogP contribution is 2.33. The molecule has 0 radical (unpaired) electrons. The molecule has 6 heteroatoms. The Bertz CT molecular complexity index is 696. The fourth-order valence-electron chi connectivity index (χ4n) is 2.30. The fraction of sp³-hybridized carbons (Fsp3) is 0.214. The Kier molecular flexibility index (Phi) is 3.06. The summed E-state index contributed by atoms with van der Waals surface area (Å²) in [5.41, 5.74) is 0.250. The first-order valence-electron chi connectivity index (χ1n) is 6.27. The molecular weight excluding hydrogens is 261 g/mol. The van der Waals surface area contributed by atoms with Crippen LogP contribution < -0.4 is 5.56 Å². The first-order valence-corrected chi connectivity index (χ1v) is 6.27. The van der Waals surface area contributed by atoms with Gasteiger partial charge in [0.15, 0.2) is 5.69 Å². The minimum Gasteiger partial charge on any atom is -0.330 e. The summed E-state index contributed by atoms with van der Waals surface area (Å²) in [5, 5.41) is 0. The summed E-state index contributed by atoms with van der Waals surface area (Å²) in [5.74, 6) is -0.709. The van der Waals surface area contributed by atoms with E-state index in [1.54, 1.807) is 17.0 Å². The maximum absolute atomic E-state index is 12.9. The lowest BCUT2D eigenvalue weighted by Gasteiger charge is -2.41. The second kappa shape index (κ2) is 4.88. The van der Waals surface area contributed by atoms with Crippen LogP contribution in [0, 0.1) is 5.82 Å². The maximum atomic E-state index is 12.9. The van der Waals surface area contributed by atoms with Crippen LogP contribution in [0.4, 0.5) is 4.39 Å². The van der Waals surface area contributed by atoms with Gasteiger partial charge >= 0.3 is 0 Å². The van der Waals surface area contributed by atoms with Crippen molar-refractivity contribution in [2.75, 3.05) is 6.54 Å². The Morgan fingerprint density at radius 2 is 2.10 bits per heavy atom. The number of carbonyl (C=O) groups is 1. The number of benzene rings is 1. The summed E-state index contributed by atoms with van der Waals surface area (Å²) in [4.78, 5) is 31.7. The highest BCUT2D eigenvalue weighted by atomic mass is 19.1. The molecule has 1 N–H and O–H groups in total. The minimum atomic E-state index is -0.498. The van der Waals surface area contributed by atoms with Crippen molar-refractivity contribution in [3.05, 3.63) is 64.1 Å². The minimum absolute atomic E-state index is 0.112. The topological polar surface area (TPSA) is 66.1 Å². The quantitative estimate of drug-likeness (QED) is 0.901. The average molecular weight is 273 g/mol. The zero-order chi connectivity index (χ0) is 14.1. The fourth-order valence-corrected chi connectivity index (χ4v) is 2.30. The smallest absolute Gasteiger partial charge is 0.279 e. The number of aromatic amines is 1. The number of carbonyl (C=O) groups excluding carboxylic acids is 1. The van der Waals surface area contributed by atoms with Gasteiger partial charge in [-0.25, -0.2) is 9.37 Å². The molecule has 1 aromatic carbocycles. The molecule has 0 saturated carbocycles. The lowest BCUT2D eigenvalue weighted by molar-refractivity contribution is 0.0452. The van der Waals surface area contributed by atoms with E-state index in [2.05, 4.69) is 9.97 Å². The molecule has 1 fully saturated rings. The zero-order valence-electron chi connectivity index (χ0n) is 10.5. The second-order valence-corrected chi connectivity index (χ2v) is 4.62. The van der Waals surface area contributed by atoms with E-state index in [1.807, 2.05) is 0 Å². The van der Waals surface area contributed by atoms with Crippen LogP contribution in [0.5, 0.6) is 0 Å². The van der Waals surface area contributed by atoms with Gasteiger partial charge in [-0.2, -0.15) is 0 Å². The van der Waals surface area contributed by atoms with Gasteiger partial charge in [-0.1, -0.05) is 12.1 Å². The predicted octanol–water partition coefficient (Wildman–Crippen LogP) is 1.50. The molecule has 1 unspecified atom stereocenters. The molecule has 0 spiro atoms. The van der Waals surface area contributed by atoms with Gasteiger partial charge < -0.3 is 9.88 Å². The van der Waals surface area contributed by atoms with Crippen molar-refractivity contribution < 1.29 is 9.18 Å². The summed E-state index contributed by atoms with van der Waals surface area (Å²) in [6, 6.07) is 5.92. The largest absolute Gasteiger partial charge is 0.330 e. The lowest BCUT2D eigenvalue weighted by Crippen LogP contribution is -2.47. The number of hydrogen-bond acceptors (Lipinski definition) is 3. The SMILES string of the molecule is O=C(c1ncc[nH]c1=O)N1CCC1c1ccc(F)cc1. The standard InChI is InChI=1S/C14H12FN3O2/c15-10-3-1-9(2-4-10)11-5-8-18(11)14(20)12-13(19)17-7-6-16-12/h1-4,6-7,11H,5,8H2,(H,17,19). The van der Waals surface area contributed by atoms with E-state index in [0.717, 1.165) is 12.0 Å². The summed E-state index contributed by atoms with van der Waals surface area (Å²) in [7, 11) is 0. The van der Waals surface area contributed by atoms with E-state index >= 15 is 0 Å². The van der Waals surface area contributed by atoms with Gasteiger partial charge in [0.25, 0.3) is 11.5 Å². The molecule has 20 heavy (non-hydrogen) atoms. The molecule has 1 aliphatic rings. The van der Waals surface area contributed by atoms with Gasteiger partial charge in [-0.3, -0.25) is 9.59 Å². The molecule has 1 saturated heterocycles. The van der Waals surface area contributed by atoms with Crippen molar-refractivity contribution in [3.8, 4) is 0 Å². The van der Waals surface area contributed by atoms with Gasteiger partial charge in [-0.05, 0) is 24.1 Å². The average Bonchev–Trinajstić information content (AvgIpc) is 2.40.